The van der Waals surface area contributed by atoms with Gasteiger partial charge in [0.2, 0.25) is 5.91 Å². The molecular formula is C14H16N2O. The largest absolute Gasteiger partial charge is 0.351 e. The molecule has 2 aromatic rings. The van der Waals surface area contributed by atoms with Crippen LogP contribution in [0.25, 0.3) is 10.8 Å². The van der Waals surface area contributed by atoms with E-state index in [1.165, 1.54) is 10.8 Å². The Morgan fingerprint density at radius 1 is 1.12 bits per heavy atom. The Balaban J connectivity index is 2.06. The molecule has 2 aromatic carbocycles. The summed E-state index contributed by atoms with van der Waals surface area (Å²) in [4.78, 5) is 11.3. The van der Waals surface area contributed by atoms with Crippen molar-refractivity contribution in [2.45, 2.75) is 6.54 Å². The maximum absolute atomic E-state index is 11.3. The van der Waals surface area contributed by atoms with E-state index in [1.54, 1.807) is 7.05 Å². The van der Waals surface area contributed by atoms with E-state index in [0.29, 0.717) is 13.1 Å². The number of carbonyl (C=O) groups is 1. The average molecular weight is 228 g/mol. The van der Waals surface area contributed by atoms with Crippen LogP contribution in [-0.2, 0) is 11.3 Å². The van der Waals surface area contributed by atoms with Gasteiger partial charge >= 0.3 is 0 Å². The average Bonchev–Trinajstić information content (AvgIpc) is 2.36. The first-order valence-corrected chi connectivity index (χ1v) is 5.68. The fourth-order valence-corrected chi connectivity index (χ4v) is 1.77. The lowest BCUT2D eigenvalue weighted by atomic mass is 10.1. The number of benzene rings is 2. The summed E-state index contributed by atoms with van der Waals surface area (Å²) in [6, 6.07) is 14.4. The van der Waals surface area contributed by atoms with Gasteiger partial charge in [-0.15, -0.1) is 0 Å². The van der Waals surface area contributed by atoms with E-state index < -0.39 is 0 Å². The third kappa shape index (κ3) is 3.04. The van der Waals surface area contributed by atoms with Gasteiger partial charge in [0.25, 0.3) is 0 Å². The highest BCUT2D eigenvalue weighted by Gasteiger charge is 2.00. The molecule has 2 rings (SSSR count). The Hall–Kier alpha value is -1.87. The second kappa shape index (κ2) is 5.46. The topological polar surface area (TPSA) is 41.1 Å². The highest BCUT2D eigenvalue weighted by Crippen LogP contribution is 2.15. The van der Waals surface area contributed by atoms with Gasteiger partial charge in [-0.25, -0.2) is 0 Å². The zero-order valence-corrected chi connectivity index (χ0v) is 9.86. The van der Waals surface area contributed by atoms with Crippen LogP contribution in [0.1, 0.15) is 5.56 Å². The molecule has 0 fully saturated rings. The van der Waals surface area contributed by atoms with Gasteiger partial charge in [-0.3, -0.25) is 4.79 Å². The molecule has 1 amide bonds. The van der Waals surface area contributed by atoms with E-state index in [1.807, 2.05) is 18.2 Å². The highest BCUT2D eigenvalue weighted by atomic mass is 16.1. The van der Waals surface area contributed by atoms with Crippen molar-refractivity contribution in [3.63, 3.8) is 0 Å². The number of hydrogen-bond acceptors (Lipinski definition) is 2. The van der Waals surface area contributed by atoms with Crippen LogP contribution >= 0.6 is 0 Å². The first-order valence-electron chi connectivity index (χ1n) is 5.68. The van der Waals surface area contributed by atoms with Crippen LogP contribution in [0.4, 0.5) is 0 Å². The normalized spacial score (nSPS) is 10.4. The molecule has 0 heterocycles. The number of likely N-dealkylation sites (N-methyl/N-ethyl adjacent to an activating group) is 1. The molecule has 0 unspecified atom stereocenters. The fourth-order valence-electron chi connectivity index (χ4n) is 1.77. The van der Waals surface area contributed by atoms with E-state index in [-0.39, 0.29) is 5.91 Å². The lowest BCUT2D eigenvalue weighted by Gasteiger charge is -2.06. The van der Waals surface area contributed by atoms with E-state index in [9.17, 15) is 4.79 Å². The van der Waals surface area contributed by atoms with Crippen molar-refractivity contribution in [3.05, 3.63) is 48.0 Å². The minimum absolute atomic E-state index is 0.0145. The van der Waals surface area contributed by atoms with E-state index in [4.69, 9.17) is 0 Å². The third-order valence-electron chi connectivity index (χ3n) is 2.64. The second-order valence-electron chi connectivity index (χ2n) is 3.99. The van der Waals surface area contributed by atoms with Crippen molar-refractivity contribution in [1.29, 1.82) is 0 Å². The fraction of sp³-hybridized carbons (Fsp3) is 0.214. The molecular weight excluding hydrogens is 212 g/mol. The van der Waals surface area contributed by atoms with Crippen molar-refractivity contribution >= 4 is 16.7 Å². The van der Waals surface area contributed by atoms with Crippen molar-refractivity contribution in [2.24, 2.45) is 0 Å². The molecule has 2 N–H and O–H groups in total. The monoisotopic (exact) mass is 228 g/mol. The summed E-state index contributed by atoms with van der Waals surface area (Å²) < 4.78 is 0. The Labute approximate surface area is 101 Å². The molecule has 0 aliphatic carbocycles. The number of hydrogen-bond donors (Lipinski definition) is 2. The van der Waals surface area contributed by atoms with E-state index in [2.05, 4.69) is 34.9 Å². The summed E-state index contributed by atoms with van der Waals surface area (Å²) in [7, 11) is 1.76. The Morgan fingerprint density at radius 3 is 2.65 bits per heavy atom. The van der Waals surface area contributed by atoms with Gasteiger partial charge in [-0.1, -0.05) is 36.4 Å². The summed E-state index contributed by atoms with van der Waals surface area (Å²) in [6.07, 6.45) is 0. The molecule has 0 aromatic heterocycles. The first-order chi connectivity index (χ1) is 8.29. The van der Waals surface area contributed by atoms with Crippen LogP contribution < -0.4 is 10.6 Å². The number of nitrogens with one attached hydrogen (secondary N) is 2. The highest BCUT2D eigenvalue weighted by molar-refractivity contribution is 5.83. The predicted octanol–water partition coefficient (Wildman–Crippen LogP) is 1.68. The summed E-state index contributed by atoms with van der Waals surface area (Å²) in [6.45, 7) is 0.929. The predicted molar refractivity (Wildman–Crippen MR) is 69.7 cm³/mol. The lowest BCUT2D eigenvalue weighted by molar-refractivity contribution is -0.120. The summed E-state index contributed by atoms with van der Waals surface area (Å²) >= 11 is 0. The molecule has 0 saturated heterocycles. The minimum atomic E-state index is 0.0145. The van der Waals surface area contributed by atoms with Crippen molar-refractivity contribution in [3.8, 4) is 0 Å². The summed E-state index contributed by atoms with van der Waals surface area (Å²) in [5.74, 6) is 0.0145. The SMILES string of the molecule is CNCC(=O)NCc1ccc2ccccc2c1. The van der Waals surface area contributed by atoms with Crippen LogP contribution in [0.3, 0.4) is 0 Å². The molecule has 3 nitrogen and oxygen atoms in total. The molecule has 0 bridgehead atoms. The van der Waals surface area contributed by atoms with Crippen LogP contribution in [0.5, 0.6) is 0 Å². The quantitative estimate of drug-likeness (QED) is 0.836. The second-order valence-corrected chi connectivity index (χ2v) is 3.99. The number of rotatable bonds is 4. The van der Waals surface area contributed by atoms with E-state index in [0.717, 1.165) is 5.56 Å². The van der Waals surface area contributed by atoms with Gasteiger partial charge in [0, 0.05) is 6.54 Å². The van der Waals surface area contributed by atoms with Crippen LogP contribution in [0, 0.1) is 0 Å². The Kier molecular flexibility index (Phi) is 3.73. The lowest BCUT2D eigenvalue weighted by Crippen LogP contribution is -2.31. The number of carbonyl (C=O) groups excluding carboxylic acids is 1. The third-order valence-corrected chi connectivity index (χ3v) is 2.64. The molecule has 17 heavy (non-hydrogen) atoms. The van der Waals surface area contributed by atoms with Gasteiger partial charge < -0.3 is 10.6 Å². The molecule has 0 aliphatic rings. The smallest absolute Gasteiger partial charge is 0.234 e. The molecule has 0 spiro atoms. The maximum atomic E-state index is 11.3. The minimum Gasteiger partial charge on any atom is -0.351 e. The van der Waals surface area contributed by atoms with Gasteiger partial charge in [0.15, 0.2) is 0 Å². The van der Waals surface area contributed by atoms with Crippen molar-refractivity contribution in [2.75, 3.05) is 13.6 Å². The zero-order valence-electron chi connectivity index (χ0n) is 9.86. The standard InChI is InChI=1S/C14H16N2O/c1-15-10-14(17)16-9-11-6-7-12-4-2-3-5-13(12)8-11/h2-8,15H,9-10H2,1H3,(H,16,17). The van der Waals surface area contributed by atoms with Gasteiger partial charge in [-0.05, 0) is 29.4 Å². The van der Waals surface area contributed by atoms with Crippen molar-refractivity contribution < 1.29 is 4.79 Å². The van der Waals surface area contributed by atoms with Gasteiger partial charge in [0.1, 0.15) is 0 Å². The van der Waals surface area contributed by atoms with Gasteiger partial charge in [-0.2, -0.15) is 0 Å². The van der Waals surface area contributed by atoms with Gasteiger partial charge in [0.05, 0.1) is 6.54 Å². The van der Waals surface area contributed by atoms with Crippen LogP contribution in [0.2, 0.25) is 0 Å². The number of amides is 1. The van der Waals surface area contributed by atoms with Crippen LogP contribution in [-0.4, -0.2) is 19.5 Å². The Bertz CT molecular complexity index is 522. The molecule has 0 atom stereocenters. The maximum Gasteiger partial charge on any atom is 0.234 e. The first kappa shape index (κ1) is 11.6. The zero-order chi connectivity index (χ0) is 12.1. The molecule has 3 heteroatoms. The molecule has 0 aliphatic heterocycles. The van der Waals surface area contributed by atoms with Crippen molar-refractivity contribution in [1.82, 2.24) is 10.6 Å². The molecule has 88 valence electrons. The van der Waals surface area contributed by atoms with E-state index >= 15 is 0 Å². The Morgan fingerprint density at radius 2 is 1.88 bits per heavy atom. The summed E-state index contributed by atoms with van der Waals surface area (Å²) in [5.41, 5.74) is 1.12. The molecule has 0 saturated carbocycles. The summed E-state index contributed by atoms with van der Waals surface area (Å²) in [5, 5.41) is 8.11. The van der Waals surface area contributed by atoms with Crippen LogP contribution in [0.15, 0.2) is 42.5 Å². The molecule has 0 radical (unpaired) electrons. The number of fused-ring (bicyclic) bond motifs is 1.